The number of hydrogen-bond acceptors (Lipinski definition) is 5. The Morgan fingerprint density at radius 1 is 1.27 bits per heavy atom. The van der Waals surface area contributed by atoms with Crippen molar-refractivity contribution in [3.63, 3.8) is 0 Å². The fourth-order valence-electron chi connectivity index (χ4n) is 3.45. The zero-order chi connectivity index (χ0) is 18.5. The molecule has 1 saturated heterocycles. The number of carbonyl (C=O) groups excluding carboxylic acids is 1. The first-order valence-corrected chi connectivity index (χ1v) is 9.25. The van der Waals surface area contributed by atoms with Gasteiger partial charge in [0.1, 0.15) is 0 Å². The molecule has 1 atom stereocenters. The maximum atomic E-state index is 12.6. The number of aromatic nitrogens is 3. The van der Waals surface area contributed by atoms with E-state index < -0.39 is 0 Å². The van der Waals surface area contributed by atoms with Gasteiger partial charge in [-0.05, 0) is 49.4 Å². The summed E-state index contributed by atoms with van der Waals surface area (Å²) in [5, 5.41) is 8.41. The van der Waals surface area contributed by atoms with Crippen molar-refractivity contribution in [1.82, 2.24) is 20.1 Å². The minimum atomic E-state index is 0.194. The van der Waals surface area contributed by atoms with E-state index in [4.69, 9.17) is 0 Å². The maximum Gasteiger partial charge on any atom is 0.223 e. The standard InChI is InChI=1S/C20H27N5O/c1-15(17-5-4-10-21-14-17)13-20(26)25-11-8-18(9-12-25)24(3)19-7-6-16(2)22-23-19/h4-7,10,14-15,18H,8-9,11-13H2,1-3H3/t15-/m1/s1. The van der Waals surface area contributed by atoms with Crippen molar-refractivity contribution in [3.8, 4) is 0 Å². The molecule has 1 amide bonds. The lowest BCUT2D eigenvalue weighted by Crippen LogP contribution is -2.46. The smallest absolute Gasteiger partial charge is 0.223 e. The molecule has 0 saturated carbocycles. The summed E-state index contributed by atoms with van der Waals surface area (Å²) in [5.74, 6) is 1.32. The number of hydrogen-bond donors (Lipinski definition) is 0. The van der Waals surface area contributed by atoms with Crippen molar-refractivity contribution < 1.29 is 4.79 Å². The van der Waals surface area contributed by atoms with Crippen LogP contribution in [0.15, 0.2) is 36.7 Å². The van der Waals surface area contributed by atoms with Gasteiger partial charge < -0.3 is 9.80 Å². The number of rotatable bonds is 5. The molecule has 1 fully saturated rings. The van der Waals surface area contributed by atoms with Crippen LogP contribution in [0.5, 0.6) is 0 Å². The number of likely N-dealkylation sites (tertiary alicyclic amines) is 1. The minimum Gasteiger partial charge on any atom is -0.355 e. The normalized spacial score (nSPS) is 16.3. The van der Waals surface area contributed by atoms with Gasteiger partial charge in [0.2, 0.25) is 5.91 Å². The quantitative estimate of drug-likeness (QED) is 0.827. The lowest BCUT2D eigenvalue weighted by atomic mass is 9.97. The van der Waals surface area contributed by atoms with E-state index in [1.165, 1.54) is 0 Å². The van der Waals surface area contributed by atoms with Crippen molar-refractivity contribution in [1.29, 1.82) is 0 Å². The Kier molecular flexibility index (Phi) is 5.81. The van der Waals surface area contributed by atoms with Crippen molar-refractivity contribution in [3.05, 3.63) is 47.9 Å². The van der Waals surface area contributed by atoms with Crippen LogP contribution in [0.2, 0.25) is 0 Å². The van der Waals surface area contributed by atoms with E-state index in [-0.39, 0.29) is 11.8 Å². The summed E-state index contributed by atoms with van der Waals surface area (Å²) in [6.07, 6.45) is 6.06. The molecule has 0 aliphatic carbocycles. The Morgan fingerprint density at radius 3 is 2.65 bits per heavy atom. The number of anilines is 1. The van der Waals surface area contributed by atoms with Gasteiger partial charge in [0.15, 0.2) is 5.82 Å². The molecule has 1 aliphatic rings. The first-order valence-electron chi connectivity index (χ1n) is 9.25. The highest BCUT2D eigenvalue weighted by Gasteiger charge is 2.26. The molecule has 3 heterocycles. The minimum absolute atomic E-state index is 0.194. The molecule has 0 radical (unpaired) electrons. The Morgan fingerprint density at radius 2 is 2.04 bits per heavy atom. The van der Waals surface area contributed by atoms with Gasteiger partial charge in [0.25, 0.3) is 0 Å². The van der Waals surface area contributed by atoms with Gasteiger partial charge in [-0.25, -0.2) is 0 Å². The SMILES string of the molecule is Cc1ccc(N(C)C2CCN(C(=O)C[C@@H](C)c3cccnc3)CC2)nn1. The van der Waals surface area contributed by atoms with E-state index in [1.54, 1.807) is 6.20 Å². The molecule has 26 heavy (non-hydrogen) atoms. The Balaban J connectivity index is 1.51. The van der Waals surface area contributed by atoms with Crippen LogP contribution in [0.1, 0.15) is 43.4 Å². The molecule has 3 rings (SSSR count). The zero-order valence-corrected chi connectivity index (χ0v) is 15.8. The van der Waals surface area contributed by atoms with Gasteiger partial charge in [-0.15, -0.1) is 5.10 Å². The maximum absolute atomic E-state index is 12.6. The van der Waals surface area contributed by atoms with Gasteiger partial charge in [0.05, 0.1) is 5.69 Å². The third-order valence-corrected chi connectivity index (χ3v) is 5.24. The fraction of sp³-hybridized carbons (Fsp3) is 0.500. The molecule has 0 unspecified atom stereocenters. The Bertz CT molecular complexity index is 711. The van der Waals surface area contributed by atoms with Crippen LogP contribution in [0, 0.1) is 6.92 Å². The van der Waals surface area contributed by atoms with Crippen LogP contribution in [0.25, 0.3) is 0 Å². The van der Waals surface area contributed by atoms with Gasteiger partial charge in [-0.1, -0.05) is 13.0 Å². The highest BCUT2D eigenvalue weighted by Crippen LogP contribution is 2.23. The number of piperidine rings is 1. The summed E-state index contributed by atoms with van der Waals surface area (Å²) in [4.78, 5) is 21.0. The summed E-state index contributed by atoms with van der Waals surface area (Å²) >= 11 is 0. The lowest BCUT2D eigenvalue weighted by molar-refractivity contribution is -0.132. The van der Waals surface area contributed by atoms with Crippen molar-refractivity contribution in [2.75, 3.05) is 25.0 Å². The second kappa shape index (κ2) is 8.25. The highest BCUT2D eigenvalue weighted by molar-refractivity contribution is 5.77. The summed E-state index contributed by atoms with van der Waals surface area (Å²) in [6.45, 7) is 5.62. The number of pyridine rings is 1. The third-order valence-electron chi connectivity index (χ3n) is 5.24. The molecule has 2 aromatic rings. The van der Waals surface area contributed by atoms with Crippen molar-refractivity contribution in [2.24, 2.45) is 0 Å². The number of amides is 1. The van der Waals surface area contributed by atoms with E-state index >= 15 is 0 Å². The molecule has 2 aromatic heterocycles. The van der Waals surface area contributed by atoms with Crippen LogP contribution in [-0.2, 0) is 4.79 Å². The lowest BCUT2D eigenvalue weighted by Gasteiger charge is -2.37. The van der Waals surface area contributed by atoms with Gasteiger partial charge in [-0.3, -0.25) is 9.78 Å². The molecule has 138 valence electrons. The van der Waals surface area contributed by atoms with Crippen LogP contribution >= 0.6 is 0 Å². The second-order valence-corrected chi connectivity index (χ2v) is 7.15. The van der Waals surface area contributed by atoms with Crippen LogP contribution in [0.3, 0.4) is 0 Å². The van der Waals surface area contributed by atoms with Gasteiger partial charge in [0, 0.05) is 45.0 Å². The summed E-state index contributed by atoms with van der Waals surface area (Å²) in [6, 6.07) is 8.35. The molecule has 0 N–H and O–H groups in total. The second-order valence-electron chi connectivity index (χ2n) is 7.15. The van der Waals surface area contributed by atoms with Crippen LogP contribution in [0.4, 0.5) is 5.82 Å². The first kappa shape index (κ1) is 18.3. The molecule has 6 heteroatoms. The summed E-state index contributed by atoms with van der Waals surface area (Å²) < 4.78 is 0. The fourth-order valence-corrected chi connectivity index (χ4v) is 3.45. The Hall–Kier alpha value is -2.50. The number of nitrogens with zero attached hydrogens (tertiary/aromatic N) is 5. The Labute approximate surface area is 155 Å². The summed E-state index contributed by atoms with van der Waals surface area (Å²) in [7, 11) is 2.06. The molecular formula is C20H27N5O. The van der Waals surface area contributed by atoms with E-state index in [1.807, 2.05) is 42.3 Å². The average molecular weight is 353 g/mol. The summed E-state index contributed by atoms with van der Waals surface area (Å²) in [5.41, 5.74) is 2.04. The van der Waals surface area contributed by atoms with Gasteiger partial charge >= 0.3 is 0 Å². The van der Waals surface area contributed by atoms with Crippen molar-refractivity contribution in [2.45, 2.75) is 45.1 Å². The van der Waals surface area contributed by atoms with E-state index in [9.17, 15) is 4.79 Å². The third kappa shape index (κ3) is 4.36. The van der Waals surface area contributed by atoms with E-state index in [0.29, 0.717) is 12.5 Å². The predicted molar refractivity (Wildman–Crippen MR) is 102 cm³/mol. The van der Waals surface area contributed by atoms with Crippen molar-refractivity contribution >= 4 is 11.7 Å². The number of carbonyl (C=O) groups is 1. The zero-order valence-electron chi connectivity index (χ0n) is 15.8. The van der Waals surface area contributed by atoms with Crippen LogP contribution < -0.4 is 4.90 Å². The largest absolute Gasteiger partial charge is 0.355 e. The molecular weight excluding hydrogens is 326 g/mol. The molecule has 0 spiro atoms. The molecule has 6 nitrogen and oxygen atoms in total. The molecule has 0 aromatic carbocycles. The van der Waals surface area contributed by atoms with Crippen LogP contribution in [-0.4, -0.2) is 52.2 Å². The monoisotopic (exact) mass is 353 g/mol. The van der Waals surface area contributed by atoms with Gasteiger partial charge in [-0.2, -0.15) is 5.10 Å². The molecule has 0 bridgehead atoms. The first-order chi connectivity index (χ1) is 12.5. The van der Waals surface area contributed by atoms with E-state index in [2.05, 4.69) is 34.1 Å². The number of aryl methyl sites for hydroxylation is 1. The predicted octanol–water partition coefficient (Wildman–Crippen LogP) is 2.80. The van der Waals surface area contributed by atoms with E-state index in [0.717, 1.165) is 43.0 Å². The highest BCUT2D eigenvalue weighted by atomic mass is 16.2. The average Bonchev–Trinajstić information content (AvgIpc) is 2.69. The topological polar surface area (TPSA) is 62.2 Å². The molecule has 1 aliphatic heterocycles.